The number of carbonyl (C=O) groups is 1. The maximum Gasteiger partial charge on any atom is 0.358 e. The number of nitrogens with zero attached hydrogens (tertiary/aromatic N) is 1. The number of oxazole rings is 1. The number of aromatic carboxylic acids is 1. The Balaban J connectivity index is 2.19. The smallest absolute Gasteiger partial charge is 0.358 e. The van der Waals surface area contributed by atoms with Crippen LogP contribution >= 0.6 is 11.3 Å². The highest BCUT2D eigenvalue weighted by Crippen LogP contribution is 2.33. The molecule has 0 amide bonds. The lowest BCUT2D eigenvalue weighted by Gasteiger charge is -2.03. The number of aryl methyl sites for hydroxylation is 1. The normalized spacial score (nSPS) is 10.8. The lowest BCUT2D eigenvalue weighted by molar-refractivity contribution is 0.0691. The molecule has 6 heteroatoms. The van der Waals surface area contributed by atoms with Gasteiger partial charge in [0.1, 0.15) is 5.82 Å². The molecule has 0 bridgehead atoms. The number of carboxylic acid groups (broad SMARTS) is 1. The molecule has 1 aromatic carbocycles. The van der Waals surface area contributed by atoms with Crippen LogP contribution in [0.4, 0.5) is 4.39 Å². The Morgan fingerprint density at radius 2 is 2.19 bits per heavy atom. The highest BCUT2D eigenvalue weighted by Gasteiger charge is 2.23. The summed E-state index contributed by atoms with van der Waals surface area (Å²) in [4.78, 5) is 16.1. The molecule has 2 aromatic heterocycles. The minimum atomic E-state index is -1.18. The van der Waals surface area contributed by atoms with Crippen molar-refractivity contribution in [3.63, 3.8) is 0 Å². The second kappa shape index (κ2) is 5.14. The molecule has 21 heavy (non-hydrogen) atoms. The van der Waals surface area contributed by atoms with E-state index in [1.54, 1.807) is 13.0 Å². The summed E-state index contributed by atoms with van der Waals surface area (Å²) in [6.45, 7) is 1.69. The van der Waals surface area contributed by atoms with E-state index in [2.05, 4.69) is 4.98 Å². The highest BCUT2D eigenvalue weighted by molar-refractivity contribution is 7.13. The summed E-state index contributed by atoms with van der Waals surface area (Å²) in [5.74, 6) is -1.17. The average molecular weight is 303 g/mol. The molecule has 0 radical (unpaired) electrons. The van der Waals surface area contributed by atoms with E-state index < -0.39 is 5.97 Å². The number of aromatic nitrogens is 1. The van der Waals surface area contributed by atoms with Crippen LogP contribution in [0.15, 0.2) is 40.1 Å². The molecule has 0 saturated carbocycles. The Kier molecular flexibility index (Phi) is 3.31. The van der Waals surface area contributed by atoms with E-state index in [0.29, 0.717) is 11.1 Å². The van der Waals surface area contributed by atoms with E-state index in [9.17, 15) is 14.3 Å². The molecule has 3 rings (SSSR count). The summed E-state index contributed by atoms with van der Waals surface area (Å²) in [5.41, 5.74) is 0.934. The van der Waals surface area contributed by atoms with E-state index in [-0.39, 0.29) is 23.2 Å². The first-order chi connectivity index (χ1) is 10.1. The molecule has 0 aliphatic rings. The van der Waals surface area contributed by atoms with Crippen LogP contribution in [-0.2, 0) is 0 Å². The minimum absolute atomic E-state index is 0.142. The first kappa shape index (κ1) is 13.5. The van der Waals surface area contributed by atoms with Gasteiger partial charge in [-0.1, -0.05) is 6.07 Å². The number of hydrogen-bond acceptors (Lipinski definition) is 4. The summed E-state index contributed by atoms with van der Waals surface area (Å²) in [6.07, 6.45) is 0. The zero-order valence-corrected chi connectivity index (χ0v) is 11.8. The van der Waals surface area contributed by atoms with Crippen LogP contribution in [0, 0.1) is 12.7 Å². The maximum atomic E-state index is 13.2. The van der Waals surface area contributed by atoms with Crippen molar-refractivity contribution in [2.24, 2.45) is 0 Å². The lowest BCUT2D eigenvalue weighted by atomic mass is 10.1. The van der Waals surface area contributed by atoms with Crippen LogP contribution in [0.1, 0.15) is 16.1 Å². The van der Waals surface area contributed by atoms with Gasteiger partial charge >= 0.3 is 5.97 Å². The summed E-state index contributed by atoms with van der Waals surface area (Å²) in [7, 11) is 0. The average Bonchev–Trinajstić information content (AvgIpc) is 3.07. The molecular formula is C15H10FNO3S. The van der Waals surface area contributed by atoms with Crippen molar-refractivity contribution in [2.45, 2.75) is 6.92 Å². The summed E-state index contributed by atoms with van der Waals surface area (Å²) in [5, 5.41) is 11.1. The number of benzene rings is 1. The number of thiophene rings is 1. The van der Waals surface area contributed by atoms with Gasteiger partial charge < -0.3 is 9.52 Å². The number of halogens is 1. The van der Waals surface area contributed by atoms with Gasteiger partial charge in [-0.3, -0.25) is 0 Å². The van der Waals surface area contributed by atoms with Gasteiger partial charge in [0, 0.05) is 5.56 Å². The van der Waals surface area contributed by atoms with Crippen molar-refractivity contribution < 1.29 is 18.7 Å². The Morgan fingerprint density at radius 1 is 1.38 bits per heavy atom. The van der Waals surface area contributed by atoms with E-state index in [0.717, 1.165) is 4.88 Å². The third kappa shape index (κ3) is 2.45. The molecule has 106 valence electrons. The number of carboxylic acids is 1. The Morgan fingerprint density at radius 3 is 2.81 bits per heavy atom. The fourth-order valence-electron chi connectivity index (χ4n) is 2.04. The second-order valence-electron chi connectivity index (χ2n) is 4.44. The van der Waals surface area contributed by atoms with Gasteiger partial charge in [-0.25, -0.2) is 14.2 Å². The zero-order chi connectivity index (χ0) is 15.0. The molecule has 0 unspecified atom stereocenters. The molecule has 0 fully saturated rings. The predicted octanol–water partition coefficient (Wildman–Crippen LogP) is 4.22. The van der Waals surface area contributed by atoms with Gasteiger partial charge in [0.05, 0.1) is 4.88 Å². The minimum Gasteiger partial charge on any atom is -0.476 e. The predicted molar refractivity (Wildman–Crippen MR) is 76.9 cm³/mol. The van der Waals surface area contributed by atoms with Crippen molar-refractivity contribution in [1.29, 1.82) is 0 Å². The molecule has 2 heterocycles. The fraction of sp³-hybridized carbons (Fsp3) is 0.0667. The zero-order valence-electron chi connectivity index (χ0n) is 11.0. The highest BCUT2D eigenvalue weighted by atomic mass is 32.1. The van der Waals surface area contributed by atoms with Gasteiger partial charge in [0.2, 0.25) is 5.89 Å². The fourth-order valence-corrected chi connectivity index (χ4v) is 2.68. The van der Waals surface area contributed by atoms with Crippen molar-refractivity contribution in [1.82, 2.24) is 4.98 Å². The van der Waals surface area contributed by atoms with E-state index in [1.165, 1.54) is 29.5 Å². The van der Waals surface area contributed by atoms with Gasteiger partial charge in [-0.15, -0.1) is 11.3 Å². The first-order valence-corrected chi connectivity index (χ1v) is 6.99. The Bertz CT molecular complexity index is 808. The summed E-state index contributed by atoms with van der Waals surface area (Å²) < 4.78 is 18.8. The largest absolute Gasteiger partial charge is 0.476 e. The van der Waals surface area contributed by atoms with Gasteiger partial charge in [0.25, 0.3) is 0 Å². The molecule has 0 spiro atoms. The van der Waals surface area contributed by atoms with E-state index >= 15 is 0 Å². The number of hydrogen-bond donors (Lipinski definition) is 1. The molecule has 0 atom stereocenters. The van der Waals surface area contributed by atoms with Crippen molar-refractivity contribution in [2.75, 3.05) is 0 Å². The summed E-state index contributed by atoms with van der Waals surface area (Å²) >= 11 is 1.40. The third-order valence-corrected chi connectivity index (χ3v) is 3.85. The SMILES string of the molecule is Cc1cc(F)ccc1-c1oc(-c2cccs2)nc1C(=O)O. The quantitative estimate of drug-likeness (QED) is 0.787. The molecule has 0 saturated heterocycles. The molecule has 0 aliphatic carbocycles. The van der Waals surface area contributed by atoms with Crippen molar-refractivity contribution >= 4 is 17.3 Å². The third-order valence-electron chi connectivity index (χ3n) is 2.99. The number of rotatable bonds is 3. The monoisotopic (exact) mass is 303 g/mol. The van der Waals surface area contributed by atoms with Crippen molar-refractivity contribution in [3.05, 3.63) is 52.8 Å². The van der Waals surface area contributed by atoms with Gasteiger partial charge in [-0.05, 0) is 42.1 Å². The Hall–Kier alpha value is -2.47. The van der Waals surface area contributed by atoms with Crippen LogP contribution in [0.5, 0.6) is 0 Å². The maximum absolute atomic E-state index is 13.2. The molecule has 1 N–H and O–H groups in total. The van der Waals surface area contributed by atoms with Gasteiger partial charge in [-0.2, -0.15) is 0 Å². The van der Waals surface area contributed by atoms with Crippen LogP contribution in [-0.4, -0.2) is 16.1 Å². The first-order valence-electron chi connectivity index (χ1n) is 6.11. The van der Waals surface area contributed by atoms with E-state index in [4.69, 9.17) is 4.42 Å². The van der Waals surface area contributed by atoms with E-state index in [1.807, 2.05) is 11.4 Å². The Labute approximate surface area is 123 Å². The summed E-state index contributed by atoms with van der Waals surface area (Å²) in [6, 6.07) is 7.71. The molecule has 3 aromatic rings. The van der Waals surface area contributed by atoms with Crippen LogP contribution < -0.4 is 0 Å². The molecule has 0 aliphatic heterocycles. The van der Waals surface area contributed by atoms with Gasteiger partial charge in [0.15, 0.2) is 11.5 Å². The second-order valence-corrected chi connectivity index (χ2v) is 5.39. The standard InChI is InChI=1S/C15H10FNO3S/c1-8-7-9(16)4-5-10(8)13-12(15(18)19)17-14(20-13)11-3-2-6-21-11/h2-7H,1H3,(H,18,19). The topological polar surface area (TPSA) is 63.3 Å². The molecule has 4 nitrogen and oxygen atoms in total. The van der Waals surface area contributed by atoms with Crippen LogP contribution in [0.2, 0.25) is 0 Å². The van der Waals surface area contributed by atoms with Crippen LogP contribution in [0.25, 0.3) is 22.1 Å². The van der Waals surface area contributed by atoms with Crippen LogP contribution in [0.3, 0.4) is 0 Å². The lowest BCUT2D eigenvalue weighted by Crippen LogP contribution is -1.99. The molecular weight excluding hydrogens is 293 g/mol. The van der Waals surface area contributed by atoms with Crippen molar-refractivity contribution in [3.8, 4) is 22.1 Å².